The summed E-state index contributed by atoms with van der Waals surface area (Å²) in [6.45, 7) is 5.55. The molecule has 0 bridgehead atoms. The van der Waals surface area contributed by atoms with E-state index in [0.29, 0.717) is 33.5 Å². The van der Waals surface area contributed by atoms with E-state index >= 15 is 0 Å². The van der Waals surface area contributed by atoms with E-state index in [1.807, 2.05) is 50.2 Å². The number of benzene rings is 3. The van der Waals surface area contributed by atoms with E-state index in [0.717, 1.165) is 11.4 Å². The highest BCUT2D eigenvalue weighted by molar-refractivity contribution is 6.34. The van der Waals surface area contributed by atoms with Crippen molar-refractivity contribution < 1.29 is 14.3 Å². The maximum absolute atomic E-state index is 13.0. The van der Waals surface area contributed by atoms with Gasteiger partial charge in [0.15, 0.2) is 0 Å². The molecule has 2 N–H and O–H groups in total. The Morgan fingerprint density at radius 2 is 1.66 bits per heavy atom. The van der Waals surface area contributed by atoms with E-state index in [1.54, 1.807) is 54.1 Å². The summed E-state index contributed by atoms with van der Waals surface area (Å²) < 4.78 is 7.55. The van der Waals surface area contributed by atoms with Crippen LogP contribution in [0, 0.1) is 13.8 Å². The molecule has 0 fully saturated rings. The van der Waals surface area contributed by atoms with Crippen molar-refractivity contribution in [3.8, 4) is 11.5 Å². The number of halogens is 1. The smallest absolute Gasteiger partial charge is 0.259 e. The van der Waals surface area contributed by atoms with Crippen LogP contribution in [-0.4, -0.2) is 21.6 Å². The second-order valence-corrected chi connectivity index (χ2v) is 8.50. The number of nitrogens with one attached hydrogen (secondary N) is 2. The zero-order valence-electron chi connectivity index (χ0n) is 19.6. The predicted molar refractivity (Wildman–Crippen MR) is 137 cm³/mol. The Labute approximate surface area is 208 Å². The summed E-state index contributed by atoms with van der Waals surface area (Å²) in [5, 5.41) is 10.3. The third kappa shape index (κ3) is 5.70. The highest BCUT2D eigenvalue weighted by Gasteiger charge is 2.19. The van der Waals surface area contributed by atoms with Gasteiger partial charge < -0.3 is 15.4 Å². The van der Waals surface area contributed by atoms with Gasteiger partial charge in [-0.05, 0) is 69.3 Å². The summed E-state index contributed by atoms with van der Waals surface area (Å²) in [5.74, 6) is 0.472. The number of para-hydroxylation sites is 2. The van der Waals surface area contributed by atoms with E-state index in [2.05, 4.69) is 15.7 Å². The highest BCUT2D eigenvalue weighted by atomic mass is 35.5. The fraction of sp³-hybridized carbons (Fsp3) is 0.148. The quantitative estimate of drug-likeness (QED) is 0.315. The molecule has 0 spiro atoms. The first-order chi connectivity index (χ1) is 16.8. The summed E-state index contributed by atoms with van der Waals surface area (Å²) in [5.41, 5.74) is 3.04. The normalized spacial score (nSPS) is 11.5. The van der Waals surface area contributed by atoms with E-state index in [4.69, 9.17) is 16.3 Å². The second-order valence-electron chi connectivity index (χ2n) is 8.10. The van der Waals surface area contributed by atoms with Gasteiger partial charge in [0.1, 0.15) is 17.5 Å². The first kappa shape index (κ1) is 24.0. The predicted octanol–water partition coefficient (Wildman–Crippen LogP) is 6.40. The molecule has 7 nitrogen and oxygen atoms in total. The number of anilines is 2. The van der Waals surface area contributed by atoms with Crippen LogP contribution in [0.15, 0.2) is 78.9 Å². The average Bonchev–Trinajstić information content (AvgIpc) is 3.18. The van der Waals surface area contributed by atoms with Crippen molar-refractivity contribution in [2.75, 3.05) is 10.6 Å². The molecule has 1 atom stereocenters. The SMILES string of the molecule is Cc1cc(C)n(C(C)C(=O)Nc2ccc(NC(=O)c3ccccc3Oc3ccccc3)cc2Cl)n1. The number of amides is 2. The van der Waals surface area contributed by atoms with Gasteiger partial charge in [-0.1, -0.05) is 41.9 Å². The molecule has 0 aliphatic rings. The topological polar surface area (TPSA) is 85.2 Å². The van der Waals surface area contributed by atoms with Crippen molar-refractivity contribution in [3.05, 3.63) is 101 Å². The lowest BCUT2D eigenvalue weighted by molar-refractivity contribution is -0.119. The van der Waals surface area contributed by atoms with E-state index in [1.165, 1.54) is 0 Å². The minimum absolute atomic E-state index is 0.248. The van der Waals surface area contributed by atoms with E-state index < -0.39 is 6.04 Å². The number of aryl methyl sites for hydroxylation is 2. The van der Waals surface area contributed by atoms with Crippen molar-refractivity contribution in [3.63, 3.8) is 0 Å². The number of nitrogens with zero attached hydrogens (tertiary/aromatic N) is 2. The molecule has 4 aromatic rings. The summed E-state index contributed by atoms with van der Waals surface area (Å²) in [6, 6.07) is 22.5. The van der Waals surface area contributed by atoms with Crippen LogP contribution in [0.1, 0.15) is 34.7 Å². The second kappa shape index (κ2) is 10.4. The minimum Gasteiger partial charge on any atom is -0.457 e. The van der Waals surface area contributed by atoms with Crippen LogP contribution >= 0.6 is 11.6 Å². The van der Waals surface area contributed by atoms with Crippen LogP contribution < -0.4 is 15.4 Å². The molecule has 0 radical (unpaired) electrons. The van der Waals surface area contributed by atoms with Crippen molar-refractivity contribution >= 4 is 34.8 Å². The zero-order chi connectivity index (χ0) is 24.9. The summed E-state index contributed by atoms with van der Waals surface area (Å²) in [7, 11) is 0. The van der Waals surface area contributed by atoms with Crippen molar-refractivity contribution in [2.24, 2.45) is 0 Å². The lowest BCUT2D eigenvalue weighted by atomic mass is 10.1. The van der Waals surface area contributed by atoms with Gasteiger partial charge in [0, 0.05) is 11.4 Å². The molecule has 2 amide bonds. The maximum atomic E-state index is 13.0. The third-order valence-corrected chi connectivity index (χ3v) is 5.69. The summed E-state index contributed by atoms with van der Waals surface area (Å²) in [4.78, 5) is 25.7. The molecule has 178 valence electrons. The van der Waals surface area contributed by atoms with Gasteiger partial charge in [0.05, 0.1) is 22.0 Å². The molecule has 0 saturated carbocycles. The summed E-state index contributed by atoms with van der Waals surface area (Å²) >= 11 is 6.41. The van der Waals surface area contributed by atoms with Gasteiger partial charge in [-0.25, -0.2) is 0 Å². The Morgan fingerprint density at radius 1 is 0.943 bits per heavy atom. The van der Waals surface area contributed by atoms with Crippen LogP contribution in [0.25, 0.3) is 0 Å². The largest absolute Gasteiger partial charge is 0.457 e. The number of carbonyl (C=O) groups excluding carboxylic acids is 2. The lowest BCUT2D eigenvalue weighted by Gasteiger charge is -2.16. The molecule has 0 aliphatic carbocycles. The Balaban J connectivity index is 1.45. The molecule has 4 rings (SSSR count). The molecular formula is C27H25ClN4O3. The number of carbonyl (C=O) groups is 2. The molecular weight excluding hydrogens is 464 g/mol. The van der Waals surface area contributed by atoms with Gasteiger partial charge in [-0.15, -0.1) is 0 Å². The molecule has 3 aromatic carbocycles. The number of hydrogen-bond acceptors (Lipinski definition) is 4. The number of aromatic nitrogens is 2. The van der Waals surface area contributed by atoms with Crippen LogP contribution in [0.2, 0.25) is 5.02 Å². The van der Waals surface area contributed by atoms with E-state index in [9.17, 15) is 9.59 Å². The monoisotopic (exact) mass is 488 g/mol. The van der Waals surface area contributed by atoms with Crippen LogP contribution in [0.5, 0.6) is 11.5 Å². The standard InChI is InChI=1S/C27H25ClN4O3/c1-17-15-18(2)32(31-17)19(3)26(33)30-24-14-13-20(16-23(24)28)29-27(34)22-11-7-8-12-25(22)35-21-9-5-4-6-10-21/h4-16,19H,1-3H3,(H,29,34)(H,30,33). The molecule has 35 heavy (non-hydrogen) atoms. The lowest BCUT2D eigenvalue weighted by Crippen LogP contribution is -2.25. The van der Waals surface area contributed by atoms with Gasteiger partial charge in [-0.3, -0.25) is 14.3 Å². The van der Waals surface area contributed by atoms with Crippen LogP contribution in [-0.2, 0) is 4.79 Å². The Bertz CT molecular complexity index is 1370. The third-order valence-electron chi connectivity index (χ3n) is 5.38. The van der Waals surface area contributed by atoms with Crippen molar-refractivity contribution in [2.45, 2.75) is 26.8 Å². The van der Waals surface area contributed by atoms with Gasteiger partial charge in [0.25, 0.3) is 5.91 Å². The van der Waals surface area contributed by atoms with Gasteiger partial charge in [-0.2, -0.15) is 5.10 Å². The minimum atomic E-state index is -0.514. The Morgan fingerprint density at radius 3 is 2.34 bits per heavy atom. The molecule has 1 unspecified atom stereocenters. The van der Waals surface area contributed by atoms with Gasteiger partial charge in [0.2, 0.25) is 5.91 Å². The fourth-order valence-electron chi connectivity index (χ4n) is 3.64. The number of ether oxygens (including phenoxy) is 1. The number of hydrogen-bond donors (Lipinski definition) is 2. The molecule has 0 saturated heterocycles. The first-order valence-corrected chi connectivity index (χ1v) is 11.5. The Hall–Kier alpha value is -4.10. The first-order valence-electron chi connectivity index (χ1n) is 11.1. The van der Waals surface area contributed by atoms with Crippen LogP contribution in [0.3, 0.4) is 0 Å². The van der Waals surface area contributed by atoms with Crippen molar-refractivity contribution in [1.82, 2.24) is 9.78 Å². The number of rotatable bonds is 7. The van der Waals surface area contributed by atoms with Crippen LogP contribution in [0.4, 0.5) is 11.4 Å². The summed E-state index contributed by atoms with van der Waals surface area (Å²) in [6.07, 6.45) is 0. The molecule has 1 heterocycles. The van der Waals surface area contributed by atoms with E-state index in [-0.39, 0.29) is 11.8 Å². The fourth-order valence-corrected chi connectivity index (χ4v) is 3.87. The van der Waals surface area contributed by atoms with Gasteiger partial charge >= 0.3 is 0 Å². The van der Waals surface area contributed by atoms with Crippen molar-refractivity contribution in [1.29, 1.82) is 0 Å². The maximum Gasteiger partial charge on any atom is 0.259 e. The molecule has 8 heteroatoms. The highest BCUT2D eigenvalue weighted by Crippen LogP contribution is 2.29. The average molecular weight is 489 g/mol. The zero-order valence-corrected chi connectivity index (χ0v) is 20.3. The Kier molecular flexibility index (Phi) is 7.17. The molecule has 1 aromatic heterocycles. The molecule has 0 aliphatic heterocycles.